The zero-order valence-corrected chi connectivity index (χ0v) is 7.69. The van der Waals surface area contributed by atoms with Crippen LogP contribution in [-0.4, -0.2) is 28.3 Å². The second kappa shape index (κ2) is 2.87. The van der Waals surface area contributed by atoms with Gasteiger partial charge in [0.15, 0.2) is 0 Å². The van der Waals surface area contributed by atoms with Crippen LogP contribution in [0.3, 0.4) is 0 Å². The van der Waals surface area contributed by atoms with Crippen LogP contribution in [0.4, 0.5) is 0 Å². The minimum Gasteiger partial charge on any atom is -0.312 e. The van der Waals surface area contributed by atoms with Crippen LogP contribution in [0.15, 0.2) is 0 Å². The third-order valence-electron chi connectivity index (χ3n) is 2.79. The monoisotopic (exact) mass is 173 g/mol. The summed E-state index contributed by atoms with van der Waals surface area (Å²) >= 11 is 0. The molecule has 0 spiro atoms. The molecule has 3 heteroatoms. The first kappa shape index (κ1) is 7.74. The van der Waals surface area contributed by atoms with E-state index in [0.717, 1.165) is 29.9 Å². The Kier molecular flexibility index (Phi) is 2.02. The van der Waals surface area contributed by atoms with E-state index in [1.54, 1.807) is 0 Å². The summed E-state index contributed by atoms with van der Waals surface area (Å²) in [4.78, 5) is 0. The van der Waals surface area contributed by atoms with Crippen molar-refractivity contribution in [3.63, 3.8) is 0 Å². The summed E-state index contributed by atoms with van der Waals surface area (Å²) in [5.41, 5.74) is 0. The summed E-state index contributed by atoms with van der Waals surface area (Å²) in [6, 6.07) is 0.569. The molecule has 1 saturated heterocycles. The lowest BCUT2D eigenvalue weighted by Crippen LogP contribution is -2.44. The van der Waals surface area contributed by atoms with E-state index in [4.69, 9.17) is 0 Å². The van der Waals surface area contributed by atoms with Gasteiger partial charge in [-0.05, 0) is 18.3 Å². The van der Waals surface area contributed by atoms with E-state index in [0.29, 0.717) is 6.04 Å². The standard InChI is InChI=1S/C8H15NOS/c1-6-4-7(6)8-5-11(10)3-2-9-8/h6-9H,2-5H2,1H3. The van der Waals surface area contributed by atoms with Crippen LogP contribution in [-0.2, 0) is 10.8 Å². The van der Waals surface area contributed by atoms with E-state index < -0.39 is 10.8 Å². The van der Waals surface area contributed by atoms with Crippen molar-refractivity contribution in [2.24, 2.45) is 11.8 Å². The summed E-state index contributed by atoms with van der Waals surface area (Å²) in [6.45, 7) is 3.24. The minimum absolute atomic E-state index is 0.528. The molecule has 0 radical (unpaired) electrons. The van der Waals surface area contributed by atoms with E-state index in [2.05, 4.69) is 12.2 Å². The molecule has 1 saturated carbocycles. The summed E-state index contributed by atoms with van der Waals surface area (Å²) in [6.07, 6.45) is 1.34. The molecular formula is C8H15NOS. The van der Waals surface area contributed by atoms with Gasteiger partial charge in [-0.3, -0.25) is 4.21 Å². The highest BCUT2D eigenvalue weighted by molar-refractivity contribution is 7.85. The molecular weight excluding hydrogens is 158 g/mol. The smallest absolute Gasteiger partial charge is 0.0392 e. The second-order valence-corrected chi connectivity index (χ2v) is 5.37. The van der Waals surface area contributed by atoms with Crippen LogP contribution in [0, 0.1) is 11.8 Å². The molecule has 2 aliphatic rings. The lowest BCUT2D eigenvalue weighted by atomic mass is 10.2. The molecule has 0 aromatic heterocycles. The lowest BCUT2D eigenvalue weighted by Gasteiger charge is -2.22. The van der Waals surface area contributed by atoms with Gasteiger partial charge >= 0.3 is 0 Å². The van der Waals surface area contributed by atoms with Gasteiger partial charge in [0, 0.05) is 34.9 Å². The fourth-order valence-electron chi connectivity index (χ4n) is 1.89. The van der Waals surface area contributed by atoms with Crippen molar-refractivity contribution in [2.75, 3.05) is 18.1 Å². The van der Waals surface area contributed by atoms with Gasteiger partial charge in [0.1, 0.15) is 0 Å². The van der Waals surface area contributed by atoms with Gasteiger partial charge in [-0.1, -0.05) is 6.92 Å². The van der Waals surface area contributed by atoms with Gasteiger partial charge in [0.2, 0.25) is 0 Å². The van der Waals surface area contributed by atoms with Gasteiger partial charge < -0.3 is 5.32 Å². The zero-order valence-electron chi connectivity index (χ0n) is 6.88. The molecule has 1 N–H and O–H groups in total. The minimum atomic E-state index is -0.528. The Balaban J connectivity index is 1.89. The van der Waals surface area contributed by atoms with E-state index in [-0.39, 0.29) is 0 Å². The highest BCUT2D eigenvalue weighted by atomic mass is 32.2. The van der Waals surface area contributed by atoms with Crippen molar-refractivity contribution in [3.8, 4) is 0 Å². The molecule has 1 aliphatic heterocycles. The molecule has 2 fully saturated rings. The average molecular weight is 173 g/mol. The van der Waals surface area contributed by atoms with E-state index >= 15 is 0 Å². The maximum atomic E-state index is 11.2. The van der Waals surface area contributed by atoms with Crippen LogP contribution in [0.2, 0.25) is 0 Å². The van der Waals surface area contributed by atoms with Gasteiger partial charge in [-0.25, -0.2) is 0 Å². The molecule has 0 aromatic carbocycles. The van der Waals surface area contributed by atoms with Gasteiger partial charge in [0.25, 0.3) is 0 Å². The topological polar surface area (TPSA) is 29.1 Å². The van der Waals surface area contributed by atoms with Crippen LogP contribution in [0.25, 0.3) is 0 Å². The molecule has 0 aromatic rings. The number of nitrogens with one attached hydrogen (secondary N) is 1. The van der Waals surface area contributed by atoms with Crippen LogP contribution < -0.4 is 5.32 Å². The Hall–Kier alpha value is 0.110. The predicted molar refractivity (Wildman–Crippen MR) is 46.9 cm³/mol. The van der Waals surface area contributed by atoms with Crippen molar-refractivity contribution >= 4 is 10.8 Å². The molecule has 2 rings (SSSR count). The van der Waals surface area contributed by atoms with Crippen molar-refractivity contribution < 1.29 is 4.21 Å². The fourth-order valence-corrected chi connectivity index (χ4v) is 3.17. The largest absolute Gasteiger partial charge is 0.312 e. The van der Waals surface area contributed by atoms with E-state index in [1.165, 1.54) is 6.42 Å². The lowest BCUT2D eigenvalue weighted by molar-refractivity contribution is 0.481. The van der Waals surface area contributed by atoms with E-state index in [1.807, 2.05) is 0 Å². The quantitative estimate of drug-likeness (QED) is 0.620. The van der Waals surface area contributed by atoms with Crippen LogP contribution in [0.5, 0.6) is 0 Å². The van der Waals surface area contributed by atoms with E-state index in [9.17, 15) is 4.21 Å². The first-order valence-electron chi connectivity index (χ1n) is 4.36. The molecule has 2 nitrogen and oxygen atoms in total. The van der Waals surface area contributed by atoms with Gasteiger partial charge in [-0.15, -0.1) is 0 Å². The average Bonchev–Trinajstić information content (AvgIpc) is 2.67. The third kappa shape index (κ3) is 1.64. The molecule has 64 valence electrons. The van der Waals surface area contributed by atoms with Crippen LogP contribution in [0.1, 0.15) is 13.3 Å². The SMILES string of the molecule is CC1CC1C1CS(=O)CCN1. The first-order valence-corrected chi connectivity index (χ1v) is 5.84. The van der Waals surface area contributed by atoms with Gasteiger partial charge in [-0.2, -0.15) is 0 Å². The third-order valence-corrected chi connectivity index (χ3v) is 4.18. The summed E-state index contributed by atoms with van der Waals surface area (Å²) in [5, 5.41) is 3.45. The number of rotatable bonds is 1. The molecule has 1 aliphatic carbocycles. The Bertz CT molecular complexity index is 183. The number of hydrogen-bond donors (Lipinski definition) is 1. The Morgan fingerprint density at radius 1 is 1.55 bits per heavy atom. The molecule has 4 atom stereocenters. The normalized spacial score (nSPS) is 50.6. The predicted octanol–water partition coefficient (Wildman–Crippen LogP) is 0.363. The summed E-state index contributed by atoms with van der Waals surface area (Å²) in [7, 11) is -0.528. The maximum Gasteiger partial charge on any atom is 0.0392 e. The zero-order chi connectivity index (χ0) is 7.84. The fraction of sp³-hybridized carbons (Fsp3) is 1.00. The molecule has 0 bridgehead atoms. The van der Waals surface area contributed by atoms with Crippen molar-refractivity contribution in [1.82, 2.24) is 5.32 Å². The van der Waals surface area contributed by atoms with Crippen molar-refractivity contribution in [1.29, 1.82) is 0 Å². The first-order chi connectivity index (χ1) is 5.27. The maximum absolute atomic E-state index is 11.2. The highest BCUT2D eigenvalue weighted by Gasteiger charge is 2.40. The summed E-state index contributed by atoms with van der Waals surface area (Å²) < 4.78 is 11.2. The Labute approximate surface area is 70.2 Å². The summed E-state index contributed by atoms with van der Waals surface area (Å²) in [5.74, 6) is 3.47. The molecule has 0 amide bonds. The second-order valence-electron chi connectivity index (χ2n) is 3.75. The van der Waals surface area contributed by atoms with Gasteiger partial charge in [0.05, 0.1) is 0 Å². The highest BCUT2D eigenvalue weighted by Crippen LogP contribution is 2.41. The van der Waals surface area contributed by atoms with Crippen molar-refractivity contribution in [3.05, 3.63) is 0 Å². The van der Waals surface area contributed by atoms with Crippen LogP contribution >= 0.6 is 0 Å². The number of hydrogen-bond acceptors (Lipinski definition) is 2. The van der Waals surface area contributed by atoms with Crippen molar-refractivity contribution in [2.45, 2.75) is 19.4 Å². The Morgan fingerprint density at radius 2 is 2.27 bits per heavy atom. The molecule has 4 unspecified atom stereocenters. The molecule has 11 heavy (non-hydrogen) atoms. The molecule has 1 heterocycles. The Morgan fingerprint density at radius 3 is 2.82 bits per heavy atom.